The Labute approximate surface area is 114 Å². The number of urea groups is 1. The second-order valence-corrected chi connectivity index (χ2v) is 4.09. The van der Waals surface area contributed by atoms with E-state index >= 15 is 0 Å². The van der Waals surface area contributed by atoms with E-state index in [1.807, 2.05) is 0 Å². The maximum atomic E-state index is 11.6. The number of nitrogens with one attached hydrogen (secondary N) is 2. The molecule has 0 aliphatic heterocycles. The van der Waals surface area contributed by atoms with E-state index in [2.05, 4.69) is 10.6 Å². The van der Waals surface area contributed by atoms with Crippen LogP contribution in [0.5, 0.6) is 0 Å². The Morgan fingerprint density at radius 2 is 2.15 bits per heavy atom. The fourth-order valence-corrected chi connectivity index (χ4v) is 1.57. The van der Waals surface area contributed by atoms with E-state index in [9.17, 15) is 19.7 Å². The topological polar surface area (TPSA) is 122 Å². The minimum Gasteiger partial charge on any atom is -0.480 e. The lowest BCUT2D eigenvalue weighted by Gasteiger charge is -2.14. The van der Waals surface area contributed by atoms with Crippen molar-refractivity contribution in [1.82, 2.24) is 5.32 Å². The number of amides is 2. The molecule has 0 aromatic heterocycles. The fourth-order valence-electron chi connectivity index (χ4n) is 1.57. The van der Waals surface area contributed by atoms with E-state index in [0.29, 0.717) is 12.8 Å². The highest BCUT2D eigenvalue weighted by atomic mass is 16.6. The molecule has 1 atom stereocenters. The minimum atomic E-state index is -1.12. The smallest absolute Gasteiger partial charge is 0.326 e. The van der Waals surface area contributed by atoms with E-state index < -0.39 is 23.0 Å². The van der Waals surface area contributed by atoms with E-state index in [-0.39, 0.29) is 11.4 Å². The number of carbonyl (C=O) groups is 2. The molecule has 0 saturated heterocycles. The molecule has 1 aromatic rings. The molecule has 0 aliphatic rings. The molecule has 0 radical (unpaired) electrons. The molecule has 0 aliphatic carbocycles. The quantitative estimate of drug-likeness (QED) is 0.543. The number of carboxylic acids is 1. The number of carboxylic acid groups (broad SMARTS) is 1. The lowest BCUT2D eigenvalue weighted by molar-refractivity contribution is -0.384. The average molecular weight is 281 g/mol. The molecule has 1 unspecified atom stereocenters. The summed E-state index contributed by atoms with van der Waals surface area (Å²) in [5.74, 6) is -1.12. The SMILES string of the molecule is CCCC(NC(=O)Nc1cccc([N+](=O)[O-])c1)C(=O)O. The molecule has 20 heavy (non-hydrogen) atoms. The Hall–Kier alpha value is -2.64. The van der Waals surface area contributed by atoms with Crippen LogP contribution in [0.1, 0.15) is 19.8 Å². The van der Waals surface area contributed by atoms with Crippen molar-refractivity contribution in [3.8, 4) is 0 Å². The molecular weight excluding hydrogens is 266 g/mol. The van der Waals surface area contributed by atoms with Crippen LogP contribution in [0.25, 0.3) is 0 Å². The van der Waals surface area contributed by atoms with Crippen LogP contribution in [-0.2, 0) is 4.79 Å². The molecule has 108 valence electrons. The molecule has 8 nitrogen and oxygen atoms in total. The lowest BCUT2D eigenvalue weighted by atomic mass is 10.2. The Bertz CT molecular complexity index is 518. The van der Waals surface area contributed by atoms with Crippen LogP contribution in [0, 0.1) is 10.1 Å². The van der Waals surface area contributed by atoms with Crippen LogP contribution in [0.2, 0.25) is 0 Å². The van der Waals surface area contributed by atoms with E-state index in [4.69, 9.17) is 5.11 Å². The number of nitro benzene ring substituents is 1. The number of carbonyl (C=O) groups excluding carboxylic acids is 1. The van der Waals surface area contributed by atoms with Gasteiger partial charge in [-0.3, -0.25) is 10.1 Å². The zero-order valence-corrected chi connectivity index (χ0v) is 10.8. The first-order valence-electron chi connectivity index (χ1n) is 5.98. The van der Waals surface area contributed by atoms with Gasteiger partial charge in [0.05, 0.1) is 4.92 Å². The Balaban J connectivity index is 2.68. The molecular formula is C12H15N3O5. The number of anilines is 1. The van der Waals surface area contributed by atoms with Crippen molar-refractivity contribution in [1.29, 1.82) is 0 Å². The largest absolute Gasteiger partial charge is 0.480 e. The fraction of sp³-hybridized carbons (Fsp3) is 0.333. The van der Waals surface area contributed by atoms with Crippen molar-refractivity contribution >= 4 is 23.4 Å². The number of benzene rings is 1. The van der Waals surface area contributed by atoms with E-state index in [1.165, 1.54) is 24.3 Å². The summed E-state index contributed by atoms with van der Waals surface area (Å²) in [6.07, 6.45) is 0.908. The van der Waals surface area contributed by atoms with Gasteiger partial charge in [0, 0.05) is 17.8 Å². The number of rotatable bonds is 6. The van der Waals surface area contributed by atoms with Crippen molar-refractivity contribution in [2.45, 2.75) is 25.8 Å². The van der Waals surface area contributed by atoms with Crippen molar-refractivity contribution in [3.63, 3.8) is 0 Å². The predicted molar refractivity (Wildman–Crippen MR) is 71.6 cm³/mol. The van der Waals surface area contributed by atoms with Crippen molar-refractivity contribution in [2.24, 2.45) is 0 Å². The van der Waals surface area contributed by atoms with Gasteiger partial charge in [0.2, 0.25) is 0 Å². The number of nitro groups is 1. The zero-order valence-electron chi connectivity index (χ0n) is 10.8. The molecule has 1 rings (SSSR count). The van der Waals surface area contributed by atoms with Crippen molar-refractivity contribution in [3.05, 3.63) is 34.4 Å². The summed E-state index contributed by atoms with van der Waals surface area (Å²) >= 11 is 0. The summed E-state index contributed by atoms with van der Waals surface area (Å²) < 4.78 is 0. The van der Waals surface area contributed by atoms with Gasteiger partial charge in [-0.25, -0.2) is 9.59 Å². The van der Waals surface area contributed by atoms with Crippen LogP contribution in [0.3, 0.4) is 0 Å². The lowest BCUT2D eigenvalue weighted by Crippen LogP contribution is -2.42. The minimum absolute atomic E-state index is 0.161. The maximum absolute atomic E-state index is 11.6. The van der Waals surface area contributed by atoms with Gasteiger partial charge < -0.3 is 15.7 Å². The number of hydrogen-bond donors (Lipinski definition) is 3. The molecule has 0 fully saturated rings. The second kappa shape index (κ2) is 7.07. The van der Waals surface area contributed by atoms with Gasteiger partial charge in [0.25, 0.3) is 5.69 Å². The van der Waals surface area contributed by atoms with E-state index in [1.54, 1.807) is 6.92 Å². The third-order valence-corrected chi connectivity index (χ3v) is 2.50. The van der Waals surface area contributed by atoms with Gasteiger partial charge in [-0.1, -0.05) is 19.4 Å². The summed E-state index contributed by atoms with van der Waals surface area (Å²) in [6, 6.07) is 3.68. The Kier molecular flexibility index (Phi) is 5.45. The Morgan fingerprint density at radius 1 is 1.45 bits per heavy atom. The van der Waals surface area contributed by atoms with E-state index in [0.717, 1.165) is 0 Å². The first kappa shape index (κ1) is 15.4. The van der Waals surface area contributed by atoms with Crippen molar-refractivity contribution in [2.75, 3.05) is 5.32 Å². The summed E-state index contributed by atoms with van der Waals surface area (Å²) in [5, 5.41) is 24.2. The van der Waals surface area contributed by atoms with Gasteiger partial charge in [0.15, 0.2) is 0 Å². The van der Waals surface area contributed by atoms with Crippen LogP contribution in [0.4, 0.5) is 16.2 Å². The highest BCUT2D eigenvalue weighted by Gasteiger charge is 2.18. The van der Waals surface area contributed by atoms with Gasteiger partial charge >= 0.3 is 12.0 Å². The highest BCUT2D eigenvalue weighted by Crippen LogP contribution is 2.16. The standard InChI is InChI=1S/C12H15N3O5/c1-2-4-10(11(16)17)14-12(18)13-8-5-3-6-9(7-8)15(19)20/h3,5-7,10H,2,4H2,1H3,(H,16,17)(H2,13,14,18). The molecule has 0 heterocycles. The number of non-ortho nitro benzene ring substituents is 1. The van der Waals surface area contributed by atoms with Crippen LogP contribution < -0.4 is 10.6 Å². The first-order valence-corrected chi connectivity index (χ1v) is 5.98. The van der Waals surface area contributed by atoms with Crippen molar-refractivity contribution < 1.29 is 19.6 Å². The summed E-state index contributed by atoms with van der Waals surface area (Å²) in [6.45, 7) is 1.80. The predicted octanol–water partition coefficient (Wildman–Crippen LogP) is 1.97. The number of hydrogen-bond acceptors (Lipinski definition) is 4. The zero-order chi connectivity index (χ0) is 15.1. The Morgan fingerprint density at radius 3 is 2.70 bits per heavy atom. The molecule has 2 amide bonds. The highest BCUT2D eigenvalue weighted by molar-refractivity contribution is 5.92. The number of nitrogens with zero attached hydrogens (tertiary/aromatic N) is 1. The van der Waals surface area contributed by atoms with Crippen LogP contribution in [-0.4, -0.2) is 28.1 Å². The van der Waals surface area contributed by atoms with Gasteiger partial charge in [-0.15, -0.1) is 0 Å². The summed E-state index contributed by atoms with van der Waals surface area (Å²) in [5.41, 5.74) is 0.0588. The monoisotopic (exact) mass is 281 g/mol. The number of aliphatic carboxylic acids is 1. The molecule has 3 N–H and O–H groups in total. The van der Waals surface area contributed by atoms with Gasteiger partial charge in [0.1, 0.15) is 6.04 Å². The molecule has 0 bridgehead atoms. The summed E-state index contributed by atoms with van der Waals surface area (Å²) in [7, 11) is 0. The third kappa shape index (κ3) is 4.56. The van der Waals surface area contributed by atoms with Gasteiger partial charge in [-0.2, -0.15) is 0 Å². The summed E-state index contributed by atoms with van der Waals surface area (Å²) in [4.78, 5) is 32.5. The van der Waals surface area contributed by atoms with Crippen LogP contribution in [0.15, 0.2) is 24.3 Å². The second-order valence-electron chi connectivity index (χ2n) is 4.09. The average Bonchev–Trinajstić information content (AvgIpc) is 2.38. The molecule has 0 saturated carbocycles. The van der Waals surface area contributed by atoms with Crippen LogP contribution >= 0.6 is 0 Å². The normalized spacial score (nSPS) is 11.4. The molecule has 1 aromatic carbocycles. The maximum Gasteiger partial charge on any atom is 0.326 e. The molecule has 8 heteroatoms. The third-order valence-electron chi connectivity index (χ3n) is 2.50. The van der Waals surface area contributed by atoms with Gasteiger partial charge in [-0.05, 0) is 12.5 Å². The first-order chi connectivity index (χ1) is 9.43. The molecule has 0 spiro atoms.